The van der Waals surface area contributed by atoms with E-state index in [0.717, 1.165) is 58.5 Å². The molecule has 6 heteroatoms. The van der Waals surface area contributed by atoms with Crippen molar-refractivity contribution in [1.82, 2.24) is 15.5 Å². The van der Waals surface area contributed by atoms with Gasteiger partial charge in [-0.3, -0.25) is 14.5 Å². The molecule has 0 aromatic heterocycles. The normalized spacial score (nSPS) is 16.8. The Morgan fingerprint density at radius 2 is 1.78 bits per heavy atom. The van der Waals surface area contributed by atoms with E-state index in [1.807, 2.05) is 0 Å². The van der Waals surface area contributed by atoms with Crippen LogP contribution in [0.2, 0.25) is 0 Å². The van der Waals surface area contributed by atoms with Gasteiger partial charge in [-0.15, -0.1) is 0 Å². The smallest absolute Gasteiger partial charge is 0.309 e. The van der Waals surface area contributed by atoms with Gasteiger partial charge in [0.1, 0.15) is 0 Å². The van der Waals surface area contributed by atoms with E-state index in [2.05, 4.69) is 29.4 Å². The Morgan fingerprint density at radius 1 is 1.09 bits per heavy atom. The minimum absolute atomic E-state index is 0.466. The minimum atomic E-state index is -0.516. The largest absolute Gasteiger partial charge is 0.379 e. The van der Waals surface area contributed by atoms with Gasteiger partial charge in [-0.05, 0) is 25.3 Å². The first-order valence-electron chi connectivity index (χ1n) is 9.03. The van der Waals surface area contributed by atoms with Crippen molar-refractivity contribution in [3.8, 4) is 0 Å². The number of amides is 2. The van der Waals surface area contributed by atoms with Crippen LogP contribution in [0.15, 0.2) is 0 Å². The maximum absolute atomic E-state index is 11.8. The minimum Gasteiger partial charge on any atom is -0.379 e. The molecule has 2 N–H and O–H groups in total. The van der Waals surface area contributed by atoms with Crippen molar-refractivity contribution in [3.05, 3.63) is 0 Å². The summed E-state index contributed by atoms with van der Waals surface area (Å²) in [6.45, 7) is 9.81. The molecule has 1 saturated heterocycles. The second-order valence-corrected chi connectivity index (χ2v) is 6.19. The number of hydrogen-bond acceptors (Lipinski definition) is 4. The summed E-state index contributed by atoms with van der Waals surface area (Å²) in [4.78, 5) is 25.9. The van der Waals surface area contributed by atoms with E-state index in [4.69, 9.17) is 4.74 Å². The summed E-state index contributed by atoms with van der Waals surface area (Å²) in [5.41, 5.74) is 0. The second-order valence-electron chi connectivity index (χ2n) is 6.19. The fourth-order valence-electron chi connectivity index (χ4n) is 2.67. The highest BCUT2D eigenvalue weighted by atomic mass is 16.5. The first kappa shape index (κ1) is 19.9. The lowest BCUT2D eigenvalue weighted by atomic mass is 9.99. The van der Waals surface area contributed by atoms with Crippen LogP contribution in [0.25, 0.3) is 0 Å². The zero-order valence-electron chi connectivity index (χ0n) is 14.7. The molecule has 2 amide bonds. The third kappa shape index (κ3) is 8.91. The SMILES string of the molecule is CCCC[C@@H](CC)CNC(=O)C(=O)NCCCN1CCOCC1. The fraction of sp³-hybridized carbons (Fsp3) is 0.882. The van der Waals surface area contributed by atoms with Crippen LogP contribution in [0.4, 0.5) is 0 Å². The van der Waals surface area contributed by atoms with Gasteiger partial charge in [-0.25, -0.2) is 0 Å². The van der Waals surface area contributed by atoms with Gasteiger partial charge in [0.15, 0.2) is 0 Å². The Morgan fingerprint density at radius 3 is 2.43 bits per heavy atom. The van der Waals surface area contributed by atoms with Gasteiger partial charge >= 0.3 is 11.8 Å². The average molecular weight is 327 g/mol. The number of carbonyl (C=O) groups excluding carboxylic acids is 2. The van der Waals surface area contributed by atoms with Gasteiger partial charge < -0.3 is 15.4 Å². The molecule has 1 aliphatic rings. The molecule has 1 atom stereocenters. The first-order valence-corrected chi connectivity index (χ1v) is 9.03. The van der Waals surface area contributed by atoms with Crippen molar-refractivity contribution in [3.63, 3.8) is 0 Å². The molecular weight excluding hydrogens is 294 g/mol. The van der Waals surface area contributed by atoms with Crippen molar-refractivity contribution in [2.75, 3.05) is 45.9 Å². The van der Waals surface area contributed by atoms with Crippen LogP contribution in [0.3, 0.4) is 0 Å². The van der Waals surface area contributed by atoms with Crippen molar-refractivity contribution in [1.29, 1.82) is 0 Å². The molecule has 0 aromatic rings. The molecule has 1 aliphatic heterocycles. The van der Waals surface area contributed by atoms with Gasteiger partial charge in [0, 0.05) is 26.2 Å². The van der Waals surface area contributed by atoms with Crippen molar-refractivity contribution in [2.24, 2.45) is 5.92 Å². The zero-order chi connectivity index (χ0) is 16.9. The van der Waals surface area contributed by atoms with E-state index in [0.29, 0.717) is 19.0 Å². The standard InChI is InChI=1S/C17H33N3O3/c1-3-5-7-15(4-2)14-19-17(22)16(21)18-8-6-9-20-10-12-23-13-11-20/h15H,3-14H2,1-2H3,(H,18,21)(H,19,22)/t15-/m1/s1. The third-order valence-corrected chi connectivity index (χ3v) is 4.34. The Labute approximate surface area is 140 Å². The maximum atomic E-state index is 11.8. The Balaban J connectivity index is 2.09. The number of nitrogens with zero attached hydrogens (tertiary/aromatic N) is 1. The Hall–Kier alpha value is -1.14. The summed E-state index contributed by atoms with van der Waals surface area (Å²) >= 11 is 0. The molecule has 134 valence electrons. The second kappa shape index (κ2) is 12.3. The predicted molar refractivity (Wildman–Crippen MR) is 91.2 cm³/mol. The van der Waals surface area contributed by atoms with Crippen LogP contribution in [0, 0.1) is 5.92 Å². The highest BCUT2D eigenvalue weighted by Gasteiger charge is 2.15. The summed E-state index contributed by atoms with van der Waals surface area (Å²) < 4.78 is 5.29. The number of rotatable bonds is 10. The lowest BCUT2D eigenvalue weighted by molar-refractivity contribution is -0.139. The molecule has 0 aliphatic carbocycles. The van der Waals surface area contributed by atoms with Crippen LogP contribution >= 0.6 is 0 Å². The number of unbranched alkanes of at least 4 members (excludes halogenated alkanes) is 1. The fourth-order valence-corrected chi connectivity index (χ4v) is 2.67. The molecule has 23 heavy (non-hydrogen) atoms. The molecule has 1 fully saturated rings. The molecule has 1 heterocycles. The molecule has 1 rings (SSSR count). The van der Waals surface area contributed by atoms with Gasteiger partial charge in [-0.2, -0.15) is 0 Å². The van der Waals surface area contributed by atoms with Crippen LogP contribution in [-0.4, -0.2) is 62.7 Å². The van der Waals surface area contributed by atoms with Crippen molar-refractivity contribution in [2.45, 2.75) is 46.0 Å². The topological polar surface area (TPSA) is 70.7 Å². The molecule has 0 saturated carbocycles. The summed E-state index contributed by atoms with van der Waals surface area (Å²) in [5, 5.41) is 5.45. The average Bonchev–Trinajstić information content (AvgIpc) is 2.59. The van der Waals surface area contributed by atoms with E-state index in [9.17, 15) is 9.59 Å². The Bertz CT molecular complexity index is 344. The monoisotopic (exact) mass is 327 g/mol. The summed E-state index contributed by atoms with van der Waals surface area (Å²) in [6.07, 6.45) is 5.32. The van der Waals surface area contributed by atoms with Crippen molar-refractivity contribution >= 4 is 11.8 Å². The van der Waals surface area contributed by atoms with Crippen LogP contribution in [-0.2, 0) is 14.3 Å². The van der Waals surface area contributed by atoms with Gasteiger partial charge in [0.05, 0.1) is 13.2 Å². The molecule has 0 aromatic carbocycles. The number of nitrogens with one attached hydrogen (secondary N) is 2. The highest BCUT2D eigenvalue weighted by Crippen LogP contribution is 2.10. The van der Waals surface area contributed by atoms with Gasteiger partial charge in [0.2, 0.25) is 0 Å². The van der Waals surface area contributed by atoms with E-state index in [-0.39, 0.29) is 0 Å². The lowest BCUT2D eigenvalue weighted by Gasteiger charge is -2.26. The van der Waals surface area contributed by atoms with E-state index >= 15 is 0 Å². The number of ether oxygens (including phenoxy) is 1. The Kier molecular flexibility index (Phi) is 10.6. The van der Waals surface area contributed by atoms with E-state index < -0.39 is 11.8 Å². The van der Waals surface area contributed by atoms with Crippen LogP contribution in [0.5, 0.6) is 0 Å². The highest BCUT2D eigenvalue weighted by molar-refractivity contribution is 6.35. The molecule has 0 bridgehead atoms. The molecule has 6 nitrogen and oxygen atoms in total. The van der Waals surface area contributed by atoms with Crippen LogP contribution in [0.1, 0.15) is 46.0 Å². The van der Waals surface area contributed by atoms with Gasteiger partial charge in [-0.1, -0.05) is 33.1 Å². The van der Waals surface area contributed by atoms with Crippen molar-refractivity contribution < 1.29 is 14.3 Å². The molecule has 0 unspecified atom stereocenters. The lowest BCUT2D eigenvalue weighted by Crippen LogP contribution is -2.43. The van der Waals surface area contributed by atoms with Gasteiger partial charge in [0.25, 0.3) is 0 Å². The molecular formula is C17H33N3O3. The third-order valence-electron chi connectivity index (χ3n) is 4.34. The number of carbonyl (C=O) groups is 2. The maximum Gasteiger partial charge on any atom is 0.309 e. The number of hydrogen-bond donors (Lipinski definition) is 2. The predicted octanol–water partition coefficient (Wildman–Crippen LogP) is 1.16. The van der Waals surface area contributed by atoms with E-state index in [1.165, 1.54) is 6.42 Å². The van der Waals surface area contributed by atoms with Crippen LogP contribution < -0.4 is 10.6 Å². The van der Waals surface area contributed by atoms with E-state index in [1.54, 1.807) is 0 Å². The zero-order valence-corrected chi connectivity index (χ0v) is 14.7. The summed E-state index contributed by atoms with van der Waals surface area (Å²) in [7, 11) is 0. The molecule has 0 spiro atoms. The summed E-state index contributed by atoms with van der Waals surface area (Å²) in [5.74, 6) is -0.559. The first-order chi connectivity index (χ1) is 11.2. The quantitative estimate of drug-likeness (QED) is 0.467. The molecule has 0 radical (unpaired) electrons. The summed E-state index contributed by atoms with van der Waals surface area (Å²) in [6, 6.07) is 0. The number of morpholine rings is 1.